The maximum Gasteiger partial charge on any atom is 0.227 e. The molecule has 1 aromatic heterocycles. The highest BCUT2D eigenvalue weighted by Gasteiger charge is 2.26. The van der Waals surface area contributed by atoms with Crippen LogP contribution in [0.2, 0.25) is 0 Å². The highest BCUT2D eigenvalue weighted by Crippen LogP contribution is 2.25. The molecule has 1 atom stereocenters. The Labute approximate surface area is 133 Å². The summed E-state index contributed by atoms with van der Waals surface area (Å²) in [5, 5.41) is 0. The van der Waals surface area contributed by atoms with Gasteiger partial charge in [-0.3, -0.25) is 4.79 Å². The summed E-state index contributed by atoms with van der Waals surface area (Å²) in [5.41, 5.74) is 1.01. The van der Waals surface area contributed by atoms with Gasteiger partial charge in [-0.15, -0.1) is 0 Å². The third-order valence-electron chi connectivity index (χ3n) is 4.17. The second-order valence-electron chi connectivity index (χ2n) is 5.70. The van der Waals surface area contributed by atoms with E-state index in [9.17, 15) is 13.6 Å². The number of likely N-dealkylation sites (tertiary alicyclic amines) is 1. The third-order valence-corrected chi connectivity index (χ3v) is 4.17. The summed E-state index contributed by atoms with van der Waals surface area (Å²) in [7, 11) is 0. The SMILES string of the molecule is O=C(Cc1cccc(F)c1F)N1CCC[C@@H](c2ccncn2)C1. The number of halogens is 2. The number of hydrogen-bond acceptors (Lipinski definition) is 3. The van der Waals surface area contributed by atoms with Gasteiger partial charge in [-0.05, 0) is 25.0 Å². The number of nitrogens with zero attached hydrogens (tertiary/aromatic N) is 3. The standard InChI is InChI=1S/C17H17F2N3O/c18-14-5-1-3-12(17(14)19)9-16(23)22-8-2-4-13(10-22)15-6-7-20-11-21-15/h1,3,5-7,11,13H,2,4,8-10H2/t13-/m1/s1. The zero-order valence-corrected chi connectivity index (χ0v) is 12.6. The van der Waals surface area contributed by atoms with Gasteiger partial charge < -0.3 is 4.90 Å². The zero-order chi connectivity index (χ0) is 16.2. The Balaban J connectivity index is 1.69. The summed E-state index contributed by atoms with van der Waals surface area (Å²) in [6.45, 7) is 1.18. The molecule has 4 nitrogen and oxygen atoms in total. The molecule has 1 aliphatic rings. The zero-order valence-electron chi connectivity index (χ0n) is 12.6. The summed E-state index contributed by atoms with van der Waals surface area (Å²) in [5.74, 6) is -1.89. The van der Waals surface area contributed by atoms with Crippen molar-refractivity contribution in [3.8, 4) is 0 Å². The molecule has 0 bridgehead atoms. The van der Waals surface area contributed by atoms with E-state index in [1.807, 2.05) is 6.07 Å². The molecule has 0 unspecified atom stereocenters. The minimum atomic E-state index is -0.940. The lowest BCUT2D eigenvalue weighted by molar-refractivity contribution is -0.131. The molecule has 1 fully saturated rings. The number of hydrogen-bond donors (Lipinski definition) is 0. The van der Waals surface area contributed by atoms with E-state index in [1.54, 1.807) is 11.1 Å². The minimum Gasteiger partial charge on any atom is -0.342 e. The van der Waals surface area contributed by atoms with Crippen molar-refractivity contribution in [3.05, 3.63) is 59.7 Å². The molecule has 0 spiro atoms. The summed E-state index contributed by atoms with van der Waals surface area (Å²) < 4.78 is 26.9. The summed E-state index contributed by atoms with van der Waals surface area (Å²) in [6, 6.07) is 5.77. The molecule has 0 N–H and O–H groups in total. The predicted octanol–water partition coefficient (Wildman–Crippen LogP) is 2.70. The van der Waals surface area contributed by atoms with Gasteiger partial charge in [0.05, 0.1) is 6.42 Å². The van der Waals surface area contributed by atoms with E-state index < -0.39 is 11.6 Å². The number of carbonyl (C=O) groups excluding carboxylic acids is 1. The van der Waals surface area contributed by atoms with Crippen molar-refractivity contribution in [1.29, 1.82) is 0 Å². The molecule has 1 saturated heterocycles. The van der Waals surface area contributed by atoms with E-state index in [2.05, 4.69) is 9.97 Å². The fraction of sp³-hybridized carbons (Fsp3) is 0.353. The van der Waals surface area contributed by atoms with Crippen molar-refractivity contribution in [1.82, 2.24) is 14.9 Å². The molecule has 1 aliphatic heterocycles. The Bertz CT molecular complexity index is 693. The normalized spacial score (nSPS) is 18.0. The van der Waals surface area contributed by atoms with Crippen molar-refractivity contribution >= 4 is 5.91 Å². The van der Waals surface area contributed by atoms with E-state index in [1.165, 1.54) is 18.5 Å². The van der Waals surface area contributed by atoms with E-state index in [-0.39, 0.29) is 23.8 Å². The molecule has 120 valence electrons. The van der Waals surface area contributed by atoms with Gasteiger partial charge in [-0.2, -0.15) is 0 Å². The van der Waals surface area contributed by atoms with Gasteiger partial charge in [0, 0.05) is 36.5 Å². The van der Waals surface area contributed by atoms with Crippen LogP contribution in [0.25, 0.3) is 0 Å². The van der Waals surface area contributed by atoms with Crippen LogP contribution in [0.3, 0.4) is 0 Å². The van der Waals surface area contributed by atoms with Crippen LogP contribution in [0.15, 0.2) is 36.8 Å². The Hall–Kier alpha value is -2.37. The molecule has 1 aromatic carbocycles. The van der Waals surface area contributed by atoms with Gasteiger partial charge >= 0.3 is 0 Å². The largest absolute Gasteiger partial charge is 0.342 e. The van der Waals surface area contributed by atoms with Crippen LogP contribution in [-0.4, -0.2) is 33.9 Å². The van der Waals surface area contributed by atoms with E-state index >= 15 is 0 Å². The second kappa shape index (κ2) is 6.81. The molecule has 0 radical (unpaired) electrons. The van der Waals surface area contributed by atoms with Crippen molar-refractivity contribution < 1.29 is 13.6 Å². The van der Waals surface area contributed by atoms with Crippen molar-refractivity contribution in [3.63, 3.8) is 0 Å². The molecule has 0 aliphatic carbocycles. The molecular formula is C17H17F2N3O. The Morgan fingerprint density at radius 2 is 2.17 bits per heavy atom. The summed E-state index contributed by atoms with van der Waals surface area (Å²) >= 11 is 0. The van der Waals surface area contributed by atoms with Gasteiger partial charge in [0.1, 0.15) is 6.33 Å². The van der Waals surface area contributed by atoms with Crippen LogP contribution in [0.1, 0.15) is 30.0 Å². The number of piperidine rings is 1. The fourth-order valence-electron chi connectivity index (χ4n) is 2.95. The molecule has 1 amide bonds. The monoisotopic (exact) mass is 317 g/mol. The molecule has 6 heteroatoms. The first-order chi connectivity index (χ1) is 11.1. The fourth-order valence-corrected chi connectivity index (χ4v) is 2.95. The number of amides is 1. The number of rotatable bonds is 3. The Morgan fingerprint density at radius 1 is 1.30 bits per heavy atom. The van der Waals surface area contributed by atoms with E-state index in [0.717, 1.165) is 24.6 Å². The van der Waals surface area contributed by atoms with Crippen LogP contribution in [0.5, 0.6) is 0 Å². The van der Waals surface area contributed by atoms with Crippen LogP contribution >= 0.6 is 0 Å². The lowest BCUT2D eigenvalue weighted by atomic mass is 9.94. The molecule has 3 rings (SSSR count). The van der Waals surface area contributed by atoms with Crippen LogP contribution in [-0.2, 0) is 11.2 Å². The van der Waals surface area contributed by atoms with Gasteiger partial charge in [-0.25, -0.2) is 18.7 Å². The lowest BCUT2D eigenvalue weighted by Crippen LogP contribution is -2.40. The first-order valence-corrected chi connectivity index (χ1v) is 7.61. The Kier molecular flexibility index (Phi) is 4.60. The maximum atomic E-state index is 13.7. The highest BCUT2D eigenvalue weighted by molar-refractivity contribution is 5.79. The number of aromatic nitrogens is 2. The van der Waals surface area contributed by atoms with Gasteiger partial charge in [-0.1, -0.05) is 12.1 Å². The smallest absolute Gasteiger partial charge is 0.227 e. The molecular weight excluding hydrogens is 300 g/mol. The van der Waals surface area contributed by atoms with Crippen molar-refractivity contribution in [2.24, 2.45) is 0 Å². The molecule has 2 aromatic rings. The topological polar surface area (TPSA) is 46.1 Å². The number of carbonyl (C=O) groups is 1. The van der Waals surface area contributed by atoms with Crippen LogP contribution in [0, 0.1) is 11.6 Å². The van der Waals surface area contributed by atoms with E-state index in [0.29, 0.717) is 13.1 Å². The Morgan fingerprint density at radius 3 is 2.96 bits per heavy atom. The van der Waals surface area contributed by atoms with Crippen LogP contribution < -0.4 is 0 Å². The average molecular weight is 317 g/mol. The number of benzene rings is 1. The maximum absolute atomic E-state index is 13.7. The second-order valence-corrected chi connectivity index (χ2v) is 5.70. The minimum absolute atomic E-state index is 0.0964. The highest BCUT2D eigenvalue weighted by atomic mass is 19.2. The third kappa shape index (κ3) is 3.52. The first-order valence-electron chi connectivity index (χ1n) is 7.61. The van der Waals surface area contributed by atoms with Gasteiger partial charge in [0.2, 0.25) is 5.91 Å². The predicted molar refractivity (Wildman–Crippen MR) is 80.6 cm³/mol. The molecule has 0 saturated carbocycles. The molecule has 2 heterocycles. The average Bonchev–Trinajstić information content (AvgIpc) is 2.60. The quantitative estimate of drug-likeness (QED) is 0.874. The lowest BCUT2D eigenvalue weighted by Gasteiger charge is -2.32. The molecule has 23 heavy (non-hydrogen) atoms. The van der Waals surface area contributed by atoms with Gasteiger partial charge in [0.15, 0.2) is 11.6 Å². The van der Waals surface area contributed by atoms with Crippen LogP contribution in [0.4, 0.5) is 8.78 Å². The van der Waals surface area contributed by atoms with Crippen molar-refractivity contribution in [2.75, 3.05) is 13.1 Å². The van der Waals surface area contributed by atoms with E-state index in [4.69, 9.17) is 0 Å². The summed E-state index contributed by atoms with van der Waals surface area (Å²) in [6.07, 6.45) is 4.88. The first kappa shape index (κ1) is 15.5. The summed E-state index contributed by atoms with van der Waals surface area (Å²) in [4.78, 5) is 22.3. The van der Waals surface area contributed by atoms with Crippen molar-refractivity contribution in [2.45, 2.75) is 25.2 Å². The van der Waals surface area contributed by atoms with Gasteiger partial charge in [0.25, 0.3) is 0 Å².